The van der Waals surface area contributed by atoms with Gasteiger partial charge >= 0.3 is 0 Å². The van der Waals surface area contributed by atoms with Gasteiger partial charge in [-0.1, -0.05) is 27.7 Å². The van der Waals surface area contributed by atoms with E-state index in [2.05, 4.69) is 24.5 Å². The SMILES string of the molecule is CC(C)C(C)NC(=O)C1CCN(C(=O)CNC(=O)[C@@H](N)C(C)C)CC1. The van der Waals surface area contributed by atoms with Crippen LogP contribution in [0.25, 0.3) is 0 Å². The Morgan fingerprint density at radius 3 is 2.08 bits per heavy atom. The molecule has 25 heavy (non-hydrogen) atoms. The van der Waals surface area contributed by atoms with Gasteiger partial charge < -0.3 is 21.3 Å². The molecule has 0 saturated carbocycles. The molecule has 7 nitrogen and oxygen atoms in total. The minimum absolute atomic E-state index is 0.0255. The number of nitrogens with zero attached hydrogens (tertiary/aromatic N) is 1. The minimum Gasteiger partial charge on any atom is -0.353 e. The number of amides is 3. The van der Waals surface area contributed by atoms with Crippen LogP contribution in [0, 0.1) is 17.8 Å². The first kappa shape index (κ1) is 21.4. The molecule has 0 aliphatic carbocycles. The van der Waals surface area contributed by atoms with E-state index in [9.17, 15) is 14.4 Å². The fourth-order valence-electron chi connectivity index (χ4n) is 2.60. The molecule has 0 aromatic heterocycles. The maximum absolute atomic E-state index is 12.3. The maximum atomic E-state index is 12.3. The van der Waals surface area contributed by atoms with E-state index in [1.165, 1.54) is 0 Å². The largest absolute Gasteiger partial charge is 0.353 e. The Bertz CT molecular complexity index is 471. The van der Waals surface area contributed by atoms with Crippen molar-refractivity contribution < 1.29 is 14.4 Å². The Kier molecular flexibility index (Phi) is 8.35. The molecule has 2 atom stereocenters. The van der Waals surface area contributed by atoms with E-state index in [0.29, 0.717) is 31.8 Å². The molecular formula is C18H34N4O3. The van der Waals surface area contributed by atoms with Gasteiger partial charge in [0.2, 0.25) is 17.7 Å². The monoisotopic (exact) mass is 354 g/mol. The number of likely N-dealkylation sites (tertiary alicyclic amines) is 1. The average molecular weight is 354 g/mol. The zero-order chi connectivity index (χ0) is 19.1. The topological polar surface area (TPSA) is 105 Å². The van der Waals surface area contributed by atoms with Crippen molar-refractivity contribution in [3.8, 4) is 0 Å². The quantitative estimate of drug-likeness (QED) is 0.619. The lowest BCUT2D eigenvalue weighted by molar-refractivity contribution is -0.136. The van der Waals surface area contributed by atoms with Crippen molar-refractivity contribution in [2.75, 3.05) is 19.6 Å². The van der Waals surface area contributed by atoms with Crippen molar-refractivity contribution in [3.05, 3.63) is 0 Å². The van der Waals surface area contributed by atoms with E-state index in [4.69, 9.17) is 5.73 Å². The van der Waals surface area contributed by atoms with Gasteiger partial charge in [-0.25, -0.2) is 0 Å². The number of piperidine rings is 1. The van der Waals surface area contributed by atoms with E-state index >= 15 is 0 Å². The number of nitrogens with two attached hydrogens (primary N) is 1. The Labute approximate surface area is 151 Å². The van der Waals surface area contributed by atoms with Crippen LogP contribution in [0.2, 0.25) is 0 Å². The summed E-state index contributed by atoms with van der Waals surface area (Å²) >= 11 is 0. The summed E-state index contributed by atoms with van der Waals surface area (Å²) in [7, 11) is 0. The van der Waals surface area contributed by atoms with E-state index < -0.39 is 6.04 Å². The molecule has 7 heteroatoms. The summed E-state index contributed by atoms with van der Waals surface area (Å²) in [5, 5.41) is 5.64. The fourth-order valence-corrected chi connectivity index (χ4v) is 2.60. The normalized spacial score (nSPS) is 18.2. The van der Waals surface area contributed by atoms with Crippen LogP contribution < -0.4 is 16.4 Å². The molecule has 1 unspecified atom stereocenters. The molecular weight excluding hydrogens is 320 g/mol. The van der Waals surface area contributed by atoms with E-state index in [1.54, 1.807) is 4.90 Å². The molecule has 144 valence electrons. The molecule has 1 heterocycles. The Morgan fingerprint density at radius 1 is 1.04 bits per heavy atom. The second-order valence-electron chi connectivity index (χ2n) is 7.68. The third-order valence-electron chi connectivity index (χ3n) is 5.02. The van der Waals surface area contributed by atoms with Gasteiger partial charge in [-0.2, -0.15) is 0 Å². The van der Waals surface area contributed by atoms with E-state index in [0.717, 1.165) is 0 Å². The predicted molar refractivity (Wildman–Crippen MR) is 97.6 cm³/mol. The summed E-state index contributed by atoms with van der Waals surface area (Å²) in [5.74, 6) is 0.0155. The van der Waals surface area contributed by atoms with Crippen molar-refractivity contribution in [2.24, 2.45) is 23.5 Å². The predicted octanol–water partition coefficient (Wildman–Crippen LogP) is 0.485. The lowest BCUT2D eigenvalue weighted by Crippen LogP contribution is -2.50. The third kappa shape index (κ3) is 6.65. The highest BCUT2D eigenvalue weighted by Crippen LogP contribution is 2.18. The zero-order valence-electron chi connectivity index (χ0n) is 16.2. The van der Waals surface area contributed by atoms with Crippen LogP contribution in [0.15, 0.2) is 0 Å². The summed E-state index contributed by atoms with van der Waals surface area (Å²) in [6.45, 7) is 10.9. The summed E-state index contributed by atoms with van der Waals surface area (Å²) < 4.78 is 0. The Balaban J connectivity index is 2.37. The number of hydrogen-bond acceptors (Lipinski definition) is 4. The second kappa shape index (κ2) is 9.75. The third-order valence-corrected chi connectivity index (χ3v) is 5.02. The standard InChI is InChI=1S/C18H34N4O3/c1-11(2)13(5)21-17(24)14-6-8-22(9-7-14)15(23)10-20-18(25)16(19)12(3)4/h11-14,16H,6-10,19H2,1-5H3,(H,20,25)(H,21,24)/t13?,16-/m0/s1. The first-order valence-electron chi connectivity index (χ1n) is 9.24. The Hall–Kier alpha value is -1.63. The molecule has 1 aliphatic rings. The number of rotatable bonds is 7. The van der Waals surface area contributed by atoms with Crippen LogP contribution >= 0.6 is 0 Å². The molecule has 0 radical (unpaired) electrons. The van der Waals surface area contributed by atoms with Gasteiger partial charge in [0, 0.05) is 25.0 Å². The molecule has 0 spiro atoms. The van der Waals surface area contributed by atoms with Crippen molar-refractivity contribution in [3.63, 3.8) is 0 Å². The molecule has 0 bridgehead atoms. The van der Waals surface area contributed by atoms with Crippen LogP contribution in [0.4, 0.5) is 0 Å². The summed E-state index contributed by atoms with van der Waals surface area (Å²) in [6, 6.07) is -0.460. The van der Waals surface area contributed by atoms with Gasteiger partial charge in [-0.15, -0.1) is 0 Å². The molecule has 0 aromatic rings. The number of carbonyl (C=O) groups excluding carboxylic acids is 3. The van der Waals surface area contributed by atoms with Gasteiger partial charge in [-0.05, 0) is 31.6 Å². The maximum Gasteiger partial charge on any atom is 0.241 e. The second-order valence-corrected chi connectivity index (χ2v) is 7.68. The number of nitrogens with one attached hydrogen (secondary N) is 2. The first-order valence-corrected chi connectivity index (χ1v) is 9.24. The van der Waals surface area contributed by atoms with Gasteiger partial charge in [-0.3, -0.25) is 14.4 Å². The molecule has 1 aliphatic heterocycles. The van der Waals surface area contributed by atoms with Crippen LogP contribution in [-0.2, 0) is 14.4 Å². The van der Waals surface area contributed by atoms with Crippen molar-refractivity contribution in [1.82, 2.24) is 15.5 Å². The van der Waals surface area contributed by atoms with Crippen LogP contribution in [-0.4, -0.2) is 54.3 Å². The molecule has 3 amide bonds. The van der Waals surface area contributed by atoms with Gasteiger partial charge in [0.05, 0.1) is 12.6 Å². The Morgan fingerprint density at radius 2 is 1.60 bits per heavy atom. The van der Waals surface area contributed by atoms with E-state index in [1.807, 2.05) is 20.8 Å². The number of hydrogen-bond donors (Lipinski definition) is 3. The van der Waals surface area contributed by atoms with Crippen LogP contribution in [0.5, 0.6) is 0 Å². The minimum atomic E-state index is -0.606. The summed E-state index contributed by atoms with van der Waals surface area (Å²) in [5.41, 5.74) is 5.76. The highest BCUT2D eigenvalue weighted by atomic mass is 16.2. The van der Waals surface area contributed by atoms with Crippen molar-refractivity contribution >= 4 is 17.7 Å². The number of carbonyl (C=O) groups is 3. The first-order chi connectivity index (χ1) is 11.6. The van der Waals surface area contributed by atoms with Gasteiger partial charge in [0.1, 0.15) is 0 Å². The smallest absolute Gasteiger partial charge is 0.241 e. The van der Waals surface area contributed by atoms with Crippen molar-refractivity contribution in [2.45, 2.75) is 59.5 Å². The lowest BCUT2D eigenvalue weighted by Gasteiger charge is -2.32. The molecule has 0 aromatic carbocycles. The van der Waals surface area contributed by atoms with E-state index in [-0.39, 0.29) is 42.1 Å². The van der Waals surface area contributed by atoms with Gasteiger partial charge in [0.25, 0.3) is 0 Å². The summed E-state index contributed by atoms with van der Waals surface area (Å²) in [6.07, 6.45) is 1.31. The average Bonchev–Trinajstić information content (AvgIpc) is 2.58. The molecule has 1 rings (SSSR count). The highest BCUT2D eigenvalue weighted by Gasteiger charge is 2.28. The zero-order valence-corrected chi connectivity index (χ0v) is 16.2. The lowest BCUT2D eigenvalue weighted by atomic mass is 9.94. The molecule has 4 N–H and O–H groups in total. The van der Waals surface area contributed by atoms with Gasteiger partial charge in [0.15, 0.2) is 0 Å². The summed E-state index contributed by atoms with van der Waals surface area (Å²) in [4.78, 5) is 38.0. The fraction of sp³-hybridized carbons (Fsp3) is 0.833. The van der Waals surface area contributed by atoms with Crippen LogP contribution in [0.1, 0.15) is 47.5 Å². The highest BCUT2D eigenvalue weighted by molar-refractivity contribution is 5.87. The molecule has 1 fully saturated rings. The van der Waals surface area contributed by atoms with Crippen LogP contribution in [0.3, 0.4) is 0 Å². The molecule has 1 saturated heterocycles. The van der Waals surface area contributed by atoms with Crippen molar-refractivity contribution in [1.29, 1.82) is 0 Å².